The monoisotopic (exact) mass is 388 g/mol. The summed E-state index contributed by atoms with van der Waals surface area (Å²) >= 11 is 0. The van der Waals surface area contributed by atoms with Crippen LogP contribution in [0.25, 0.3) is 0 Å². The first-order valence-electron chi connectivity index (χ1n) is 8.69. The molecule has 1 N–H and O–H groups in total. The van der Waals surface area contributed by atoms with Gasteiger partial charge in [-0.25, -0.2) is 4.79 Å². The number of likely N-dealkylation sites (tertiary alicyclic amines) is 1. The Morgan fingerprint density at radius 2 is 1.89 bits per heavy atom. The molecular formula is C18H23F3N2O4. The molecule has 1 aliphatic rings. The number of benzene rings is 1. The number of alkyl halides is 3. The van der Waals surface area contributed by atoms with E-state index in [4.69, 9.17) is 9.47 Å². The predicted molar refractivity (Wildman–Crippen MR) is 90.8 cm³/mol. The van der Waals surface area contributed by atoms with Crippen molar-refractivity contribution in [1.29, 1.82) is 0 Å². The summed E-state index contributed by atoms with van der Waals surface area (Å²) in [5.74, 6) is -1.30. The maximum Gasteiger partial charge on any atom is 0.407 e. The van der Waals surface area contributed by atoms with E-state index in [2.05, 4.69) is 5.32 Å². The van der Waals surface area contributed by atoms with Gasteiger partial charge in [0.1, 0.15) is 6.61 Å². The van der Waals surface area contributed by atoms with Crippen molar-refractivity contribution in [2.24, 2.45) is 5.92 Å². The molecule has 2 rings (SSSR count). The van der Waals surface area contributed by atoms with Gasteiger partial charge in [0.15, 0.2) is 0 Å². The van der Waals surface area contributed by atoms with Crippen molar-refractivity contribution in [3.63, 3.8) is 0 Å². The number of ether oxygens (including phenoxy) is 2. The van der Waals surface area contributed by atoms with Crippen LogP contribution in [0.1, 0.15) is 18.9 Å². The number of hydrogen-bond acceptors (Lipinski definition) is 5. The fourth-order valence-corrected chi connectivity index (χ4v) is 3.04. The lowest BCUT2D eigenvalue weighted by Crippen LogP contribution is -2.54. The van der Waals surface area contributed by atoms with Crippen molar-refractivity contribution in [1.82, 2.24) is 10.2 Å². The Kier molecular flexibility index (Phi) is 7.46. The zero-order chi connectivity index (χ0) is 19.9. The van der Waals surface area contributed by atoms with Gasteiger partial charge in [0.25, 0.3) is 0 Å². The molecule has 1 fully saturated rings. The zero-order valence-electron chi connectivity index (χ0n) is 15.0. The average Bonchev–Trinajstić information content (AvgIpc) is 2.59. The van der Waals surface area contributed by atoms with Crippen LogP contribution in [0.3, 0.4) is 0 Å². The number of carbonyl (C=O) groups excluding carboxylic acids is 2. The lowest BCUT2D eigenvalue weighted by Gasteiger charge is -2.37. The molecule has 1 aliphatic heterocycles. The molecule has 0 unspecified atom stereocenters. The van der Waals surface area contributed by atoms with E-state index in [-0.39, 0.29) is 32.7 Å². The van der Waals surface area contributed by atoms with E-state index in [1.54, 1.807) is 31.2 Å². The molecule has 1 saturated heterocycles. The second-order valence-electron chi connectivity index (χ2n) is 6.40. The van der Waals surface area contributed by atoms with Gasteiger partial charge in [0.05, 0.1) is 19.1 Å². The molecular weight excluding hydrogens is 365 g/mol. The van der Waals surface area contributed by atoms with Crippen LogP contribution in [-0.4, -0.2) is 55.4 Å². The number of alkyl carbamates (subject to hydrolysis) is 1. The third-order valence-electron chi connectivity index (χ3n) is 4.08. The lowest BCUT2D eigenvalue weighted by molar-refractivity contribution is -0.161. The van der Waals surface area contributed by atoms with Gasteiger partial charge in [-0.2, -0.15) is 13.2 Å². The van der Waals surface area contributed by atoms with E-state index < -0.39 is 36.7 Å². The van der Waals surface area contributed by atoms with Crippen LogP contribution < -0.4 is 5.32 Å². The minimum absolute atomic E-state index is 0.0180. The summed E-state index contributed by atoms with van der Waals surface area (Å²) in [5.41, 5.74) is 0.791. The van der Waals surface area contributed by atoms with Crippen molar-refractivity contribution < 1.29 is 32.2 Å². The second-order valence-corrected chi connectivity index (χ2v) is 6.40. The van der Waals surface area contributed by atoms with Crippen LogP contribution in [0.2, 0.25) is 0 Å². The van der Waals surface area contributed by atoms with Gasteiger partial charge in [-0.05, 0) is 18.9 Å². The second kappa shape index (κ2) is 9.59. The molecule has 9 heteroatoms. The summed E-state index contributed by atoms with van der Waals surface area (Å²) in [7, 11) is 0. The topological polar surface area (TPSA) is 67.9 Å². The first kappa shape index (κ1) is 21.0. The van der Waals surface area contributed by atoms with Gasteiger partial charge in [-0.3, -0.25) is 9.69 Å². The number of amides is 1. The Hall–Kier alpha value is -2.29. The first-order valence-corrected chi connectivity index (χ1v) is 8.69. The molecule has 1 aromatic rings. The molecule has 1 aromatic carbocycles. The van der Waals surface area contributed by atoms with Crippen molar-refractivity contribution in [2.75, 3.05) is 26.2 Å². The number of carbonyl (C=O) groups is 2. The van der Waals surface area contributed by atoms with Crippen LogP contribution in [-0.2, 0) is 20.9 Å². The molecule has 150 valence electrons. The van der Waals surface area contributed by atoms with Gasteiger partial charge in [-0.1, -0.05) is 30.3 Å². The molecule has 1 amide bonds. The van der Waals surface area contributed by atoms with Crippen molar-refractivity contribution >= 4 is 12.1 Å². The van der Waals surface area contributed by atoms with E-state index in [0.29, 0.717) is 0 Å². The molecule has 27 heavy (non-hydrogen) atoms. The molecule has 0 radical (unpaired) electrons. The normalized spacial score (nSPS) is 20.7. The molecule has 0 saturated carbocycles. The fraction of sp³-hybridized carbons (Fsp3) is 0.556. The van der Waals surface area contributed by atoms with Crippen LogP contribution in [0, 0.1) is 5.92 Å². The van der Waals surface area contributed by atoms with E-state index in [1.807, 2.05) is 6.07 Å². The number of piperidine rings is 1. The van der Waals surface area contributed by atoms with Gasteiger partial charge in [0, 0.05) is 19.1 Å². The molecule has 0 spiro atoms. The molecule has 0 bridgehead atoms. The summed E-state index contributed by atoms with van der Waals surface area (Å²) < 4.78 is 48.3. The number of hydrogen-bond donors (Lipinski definition) is 1. The Labute approximate surface area is 155 Å². The van der Waals surface area contributed by atoms with Crippen molar-refractivity contribution in [3.05, 3.63) is 35.9 Å². The number of esters is 1. The quantitative estimate of drug-likeness (QED) is 0.759. The first-order chi connectivity index (χ1) is 12.8. The standard InChI is InChI=1S/C18H23F3N2O4/c1-2-26-16(24)14-8-15(10-23(9-14)12-18(19,20)21)22-17(25)27-11-13-6-4-3-5-7-13/h3-7,14-15H,2,8-12H2,1H3,(H,22,25)/t14-,15+/m1/s1. The van der Waals surface area contributed by atoms with E-state index >= 15 is 0 Å². The third-order valence-corrected chi connectivity index (χ3v) is 4.08. The molecule has 6 nitrogen and oxygen atoms in total. The number of rotatable bonds is 6. The van der Waals surface area contributed by atoms with E-state index in [1.165, 1.54) is 0 Å². The lowest BCUT2D eigenvalue weighted by atomic mass is 9.94. The molecule has 0 aliphatic carbocycles. The van der Waals surface area contributed by atoms with Gasteiger partial charge < -0.3 is 14.8 Å². The maximum atomic E-state index is 12.7. The highest BCUT2D eigenvalue weighted by Gasteiger charge is 2.38. The Morgan fingerprint density at radius 3 is 2.52 bits per heavy atom. The maximum absolute atomic E-state index is 12.7. The van der Waals surface area contributed by atoms with Gasteiger partial charge in [-0.15, -0.1) is 0 Å². The van der Waals surface area contributed by atoms with Crippen molar-refractivity contribution in [3.8, 4) is 0 Å². The smallest absolute Gasteiger partial charge is 0.407 e. The minimum Gasteiger partial charge on any atom is -0.466 e. The summed E-state index contributed by atoms with van der Waals surface area (Å²) in [6.45, 7) is 0.593. The fourth-order valence-electron chi connectivity index (χ4n) is 3.04. The highest BCUT2D eigenvalue weighted by Crippen LogP contribution is 2.23. The summed E-state index contributed by atoms with van der Waals surface area (Å²) in [4.78, 5) is 25.1. The Morgan fingerprint density at radius 1 is 1.19 bits per heavy atom. The number of nitrogens with one attached hydrogen (secondary N) is 1. The molecule has 1 heterocycles. The SMILES string of the molecule is CCOC(=O)[C@@H]1C[C@H](NC(=O)OCc2ccccc2)CN(CC(F)(F)F)C1. The largest absolute Gasteiger partial charge is 0.466 e. The number of nitrogens with zero attached hydrogens (tertiary/aromatic N) is 1. The van der Waals surface area contributed by atoms with Gasteiger partial charge in [0.2, 0.25) is 0 Å². The van der Waals surface area contributed by atoms with Gasteiger partial charge >= 0.3 is 18.2 Å². The van der Waals surface area contributed by atoms with E-state index in [0.717, 1.165) is 10.5 Å². The van der Waals surface area contributed by atoms with Crippen LogP contribution >= 0.6 is 0 Å². The number of halogens is 3. The average molecular weight is 388 g/mol. The Bertz CT molecular complexity index is 625. The summed E-state index contributed by atoms with van der Waals surface area (Å²) in [5, 5.41) is 2.55. The van der Waals surface area contributed by atoms with Crippen molar-refractivity contribution in [2.45, 2.75) is 32.2 Å². The molecule has 0 aromatic heterocycles. The zero-order valence-corrected chi connectivity index (χ0v) is 15.0. The van der Waals surface area contributed by atoms with E-state index in [9.17, 15) is 22.8 Å². The Balaban J connectivity index is 1.93. The van der Waals surface area contributed by atoms with Crippen LogP contribution in [0.4, 0.5) is 18.0 Å². The third kappa shape index (κ3) is 7.46. The van der Waals surface area contributed by atoms with Crippen LogP contribution in [0.15, 0.2) is 30.3 Å². The summed E-state index contributed by atoms with van der Waals surface area (Å²) in [6, 6.07) is 8.37. The van der Waals surface area contributed by atoms with Crippen LogP contribution in [0.5, 0.6) is 0 Å². The molecule has 2 atom stereocenters. The minimum atomic E-state index is -4.39. The summed E-state index contributed by atoms with van der Waals surface area (Å²) in [6.07, 6.45) is -4.93. The predicted octanol–water partition coefficient (Wildman–Crippen LogP) is 2.73. The highest BCUT2D eigenvalue weighted by molar-refractivity contribution is 5.73. The highest BCUT2D eigenvalue weighted by atomic mass is 19.4.